The highest BCUT2D eigenvalue weighted by atomic mass is 32.1. The van der Waals surface area contributed by atoms with E-state index >= 15 is 0 Å². The molecule has 0 aliphatic carbocycles. The van der Waals surface area contributed by atoms with E-state index in [1.54, 1.807) is 22.8 Å². The number of amides is 2. The quantitative estimate of drug-likeness (QED) is 0.857. The molecule has 1 aromatic heterocycles. The van der Waals surface area contributed by atoms with E-state index < -0.39 is 6.04 Å². The molecule has 3 rings (SSSR count). The third kappa shape index (κ3) is 3.14. The summed E-state index contributed by atoms with van der Waals surface area (Å²) in [6.07, 6.45) is 0. The molecule has 1 aliphatic heterocycles. The zero-order valence-electron chi connectivity index (χ0n) is 13.8. The molecule has 1 aliphatic rings. The van der Waals surface area contributed by atoms with Crippen LogP contribution in [0.1, 0.15) is 23.5 Å². The SMILES string of the molecule is CCOc1ccc(N2CCN(C(=O)c3cccs3)[C@H](C)C2=O)cc1. The fraction of sp³-hybridized carbons (Fsp3) is 0.333. The van der Waals surface area contributed by atoms with Crippen LogP contribution in [0, 0.1) is 0 Å². The van der Waals surface area contributed by atoms with Gasteiger partial charge in [-0.3, -0.25) is 9.59 Å². The average molecular weight is 344 g/mol. The molecule has 0 radical (unpaired) electrons. The molecule has 2 amide bonds. The van der Waals surface area contributed by atoms with Gasteiger partial charge in [-0.15, -0.1) is 11.3 Å². The van der Waals surface area contributed by atoms with E-state index in [9.17, 15) is 9.59 Å². The molecule has 2 heterocycles. The number of rotatable bonds is 4. The largest absolute Gasteiger partial charge is 0.494 e. The number of carbonyl (C=O) groups excluding carboxylic acids is 2. The minimum Gasteiger partial charge on any atom is -0.494 e. The fourth-order valence-electron chi connectivity index (χ4n) is 2.83. The lowest BCUT2D eigenvalue weighted by molar-refractivity contribution is -0.124. The van der Waals surface area contributed by atoms with Crippen LogP contribution in [0.15, 0.2) is 41.8 Å². The van der Waals surface area contributed by atoms with Crippen molar-refractivity contribution in [3.05, 3.63) is 46.7 Å². The van der Waals surface area contributed by atoms with E-state index in [1.807, 2.05) is 42.6 Å². The summed E-state index contributed by atoms with van der Waals surface area (Å²) in [5.41, 5.74) is 0.832. The number of carbonyl (C=O) groups is 2. The Morgan fingerprint density at radius 2 is 2.00 bits per heavy atom. The van der Waals surface area contributed by atoms with Gasteiger partial charge in [0, 0.05) is 18.8 Å². The maximum Gasteiger partial charge on any atom is 0.264 e. The number of benzene rings is 1. The van der Waals surface area contributed by atoms with Gasteiger partial charge < -0.3 is 14.5 Å². The van der Waals surface area contributed by atoms with E-state index in [4.69, 9.17) is 4.74 Å². The lowest BCUT2D eigenvalue weighted by Crippen LogP contribution is -2.57. The number of nitrogens with zero attached hydrogens (tertiary/aromatic N) is 2. The first-order valence-electron chi connectivity index (χ1n) is 8.00. The van der Waals surface area contributed by atoms with Gasteiger partial charge in [-0.1, -0.05) is 6.07 Å². The van der Waals surface area contributed by atoms with Gasteiger partial charge in [0.05, 0.1) is 11.5 Å². The Balaban J connectivity index is 1.73. The van der Waals surface area contributed by atoms with Crippen molar-refractivity contribution in [1.82, 2.24) is 4.90 Å². The van der Waals surface area contributed by atoms with Crippen LogP contribution in [0.3, 0.4) is 0 Å². The fourth-order valence-corrected chi connectivity index (χ4v) is 3.51. The molecule has 24 heavy (non-hydrogen) atoms. The van der Waals surface area contributed by atoms with E-state index in [2.05, 4.69) is 0 Å². The summed E-state index contributed by atoms with van der Waals surface area (Å²) in [4.78, 5) is 29.3. The normalized spacial score (nSPS) is 17.9. The molecular formula is C18H20N2O3S. The van der Waals surface area contributed by atoms with Crippen LogP contribution >= 0.6 is 11.3 Å². The van der Waals surface area contributed by atoms with Gasteiger partial charge in [-0.05, 0) is 49.6 Å². The summed E-state index contributed by atoms with van der Waals surface area (Å²) < 4.78 is 5.43. The molecular weight excluding hydrogens is 324 g/mol. The van der Waals surface area contributed by atoms with Crippen molar-refractivity contribution in [2.75, 3.05) is 24.6 Å². The van der Waals surface area contributed by atoms with Crippen molar-refractivity contribution in [3.8, 4) is 5.75 Å². The molecule has 1 aromatic carbocycles. The predicted octanol–water partition coefficient (Wildman–Crippen LogP) is 3.02. The van der Waals surface area contributed by atoms with Crippen molar-refractivity contribution < 1.29 is 14.3 Å². The highest BCUT2D eigenvalue weighted by Gasteiger charge is 2.35. The smallest absolute Gasteiger partial charge is 0.264 e. The van der Waals surface area contributed by atoms with Gasteiger partial charge in [-0.2, -0.15) is 0 Å². The summed E-state index contributed by atoms with van der Waals surface area (Å²) in [7, 11) is 0. The van der Waals surface area contributed by atoms with Crippen molar-refractivity contribution >= 4 is 28.8 Å². The van der Waals surface area contributed by atoms with Crippen LogP contribution in [0.2, 0.25) is 0 Å². The molecule has 0 spiro atoms. The maximum absolute atomic E-state index is 12.7. The number of hydrogen-bond acceptors (Lipinski definition) is 4. The number of ether oxygens (including phenoxy) is 1. The first-order chi connectivity index (χ1) is 11.6. The van der Waals surface area contributed by atoms with Crippen molar-refractivity contribution in [2.24, 2.45) is 0 Å². The first-order valence-corrected chi connectivity index (χ1v) is 8.88. The molecule has 126 valence electrons. The number of thiophene rings is 1. The zero-order valence-corrected chi connectivity index (χ0v) is 14.6. The second-order valence-electron chi connectivity index (χ2n) is 5.57. The summed E-state index contributed by atoms with van der Waals surface area (Å²) in [5.74, 6) is 0.653. The average Bonchev–Trinajstić information content (AvgIpc) is 3.12. The van der Waals surface area contributed by atoms with Gasteiger partial charge in [0.2, 0.25) is 5.91 Å². The number of hydrogen-bond donors (Lipinski definition) is 0. The summed E-state index contributed by atoms with van der Waals surface area (Å²) in [6, 6.07) is 10.7. The van der Waals surface area contributed by atoms with Crippen LogP contribution in [0.25, 0.3) is 0 Å². The zero-order chi connectivity index (χ0) is 17.1. The molecule has 6 heteroatoms. The standard InChI is InChI=1S/C18H20N2O3S/c1-3-23-15-8-6-14(7-9-15)20-11-10-19(13(2)17(20)21)18(22)16-5-4-12-24-16/h4-9,12-13H,3,10-11H2,1-2H3/t13-/m1/s1. The van der Waals surface area contributed by atoms with E-state index in [0.717, 1.165) is 11.4 Å². The topological polar surface area (TPSA) is 49.9 Å². The van der Waals surface area contributed by atoms with Crippen LogP contribution in [-0.4, -0.2) is 42.5 Å². The Morgan fingerprint density at radius 1 is 1.25 bits per heavy atom. The van der Waals surface area contributed by atoms with Crippen LogP contribution in [-0.2, 0) is 4.79 Å². The second-order valence-corrected chi connectivity index (χ2v) is 6.52. The van der Waals surface area contributed by atoms with Gasteiger partial charge in [-0.25, -0.2) is 0 Å². The molecule has 0 bridgehead atoms. The highest BCUT2D eigenvalue weighted by Crippen LogP contribution is 2.24. The number of piperazine rings is 1. The Morgan fingerprint density at radius 3 is 2.62 bits per heavy atom. The molecule has 1 atom stereocenters. The van der Waals surface area contributed by atoms with Gasteiger partial charge in [0.1, 0.15) is 11.8 Å². The van der Waals surface area contributed by atoms with Crippen LogP contribution < -0.4 is 9.64 Å². The summed E-state index contributed by atoms with van der Waals surface area (Å²) >= 11 is 1.40. The van der Waals surface area contributed by atoms with Crippen LogP contribution in [0.5, 0.6) is 5.75 Å². The summed E-state index contributed by atoms with van der Waals surface area (Å²) in [5, 5.41) is 1.87. The highest BCUT2D eigenvalue weighted by molar-refractivity contribution is 7.12. The number of anilines is 1. The van der Waals surface area contributed by atoms with Crippen LogP contribution in [0.4, 0.5) is 5.69 Å². The Kier molecular flexibility index (Phi) is 4.85. The van der Waals surface area contributed by atoms with Gasteiger partial charge in [0.25, 0.3) is 5.91 Å². The summed E-state index contributed by atoms with van der Waals surface area (Å²) in [6.45, 7) is 5.35. The Bertz CT molecular complexity index is 712. The van der Waals surface area contributed by atoms with E-state index in [0.29, 0.717) is 24.6 Å². The molecule has 0 N–H and O–H groups in total. The Hall–Kier alpha value is -2.34. The maximum atomic E-state index is 12.7. The van der Waals surface area contributed by atoms with Gasteiger partial charge in [0.15, 0.2) is 0 Å². The molecule has 1 saturated heterocycles. The van der Waals surface area contributed by atoms with Crippen molar-refractivity contribution in [3.63, 3.8) is 0 Å². The molecule has 5 nitrogen and oxygen atoms in total. The Labute approximate surface area is 145 Å². The third-order valence-electron chi connectivity index (χ3n) is 4.11. The molecule has 2 aromatic rings. The third-order valence-corrected chi connectivity index (χ3v) is 4.97. The van der Waals surface area contributed by atoms with Gasteiger partial charge >= 0.3 is 0 Å². The molecule has 0 saturated carbocycles. The minimum absolute atomic E-state index is 0.0599. The molecule has 1 fully saturated rings. The lowest BCUT2D eigenvalue weighted by atomic mass is 10.1. The second kappa shape index (κ2) is 7.05. The van der Waals surface area contributed by atoms with E-state index in [1.165, 1.54) is 11.3 Å². The minimum atomic E-state index is -0.472. The van der Waals surface area contributed by atoms with Crippen molar-refractivity contribution in [2.45, 2.75) is 19.9 Å². The molecule has 0 unspecified atom stereocenters. The monoisotopic (exact) mass is 344 g/mol. The van der Waals surface area contributed by atoms with Crippen molar-refractivity contribution in [1.29, 1.82) is 0 Å². The first kappa shape index (κ1) is 16.5. The van der Waals surface area contributed by atoms with E-state index in [-0.39, 0.29) is 11.8 Å². The lowest BCUT2D eigenvalue weighted by Gasteiger charge is -2.39. The predicted molar refractivity (Wildman–Crippen MR) is 94.8 cm³/mol.